The van der Waals surface area contributed by atoms with E-state index in [1.807, 2.05) is 24.9 Å². The Morgan fingerprint density at radius 3 is 2.84 bits per heavy atom. The van der Waals surface area contributed by atoms with Crippen molar-refractivity contribution in [2.75, 3.05) is 20.2 Å². The number of nitrogens with zero attached hydrogens (tertiary/aromatic N) is 3. The molecule has 0 saturated heterocycles. The highest BCUT2D eigenvalue weighted by atomic mass is 19.1. The summed E-state index contributed by atoms with van der Waals surface area (Å²) in [6.45, 7) is 1.90. The van der Waals surface area contributed by atoms with Crippen LogP contribution in [0.15, 0.2) is 36.7 Å². The normalized spacial score (nSPS) is 10.9. The standard InChI is InChI=1S/C14H18FN3O/c1-17(11-14-16-7-8-18(14)2)9-10-19-13-6-4-3-5-12(13)15/h3-8H,9-11H2,1-2H3. The molecule has 5 heteroatoms. The summed E-state index contributed by atoms with van der Waals surface area (Å²) in [7, 11) is 3.95. The van der Waals surface area contributed by atoms with Crippen LogP contribution in [-0.4, -0.2) is 34.7 Å². The van der Waals surface area contributed by atoms with Crippen LogP contribution in [0.4, 0.5) is 4.39 Å². The van der Waals surface area contributed by atoms with Crippen molar-refractivity contribution < 1.29 is 9.13 Å². The Bertz CT molecular complexity index is 527. The number of aryl methyl sites for hydroxylation is 1. The number of benzene rings is 1. The fraction of sp³-hybridized carbons (Fsp3) is 0.357. The minimum absolute atomic E-state index is 0.299. The maximum absolute atomic E-state index is 13.3. The number of hydrogen-bond donors (Lipinski definition) is 0. The summed E-state index contributed by atoms with van der Waals surface area (Å²) in [5, 5.41) is 0. The number of imidazole rings is 1. The molecule has 0 saturated carbocycles. The molecule has 0 fully saturated rings. The van der Waals surface area contributed by atoms with Crippen molar-refractivity contribution in [3.63, 3.8) is 0 Å². The average Bonchev–Trinajstić information content (AvgIpc) is 2.77. The number of aromatic nitrogens is 2. The molecule has 1 heterocycles. The molecule has 0 bridgehead atoms. The molecule has 0 radical (unpaired) electrons. The number of rotatable bonds is 6. The third kappa shape index (κ3) is 3.79. The maximum atomic E-state index is 13.3. The van der Waals surface area contributed by atoms with Gasteiger partial charge in [0, 0.05) is 26.0 Å². The van der Waals surface area contributed by atoms with E-state index in [1.54, 1.807) is 24.4 Å². The molecule has 1 aromatic carbocycles. The van der Waals surface area contributed by atoms with Crippen LogP contribution in [0.2, 0.25) is 0 Å². The van der Waals surface area contributed by atoms with Gasteiger partial charge in [0.1, 0.15) is 12.4 Å². The van der Waals surface area contributed by atoms with Gasteiger partial charge in [0.25, 0.3) is 0 Å². The van der Waals surface area contributed by atoms with Crippen LogP contribution in [0.5, 0.6) is 5.75 Å². The van der Waals surface area contributed by atoms with Crippen molar-refractivity contribution in [1.82, 2.24) is 14.5 Å². The molecule has 2 aromatic rings. The van der Waals surface area contributed by atoms with Gasteiger partial charge in [0.2, 0.25) is 0 Å². The first-order valence-electron chi connectivity index (χ1n) is 6.19. The van der Waals surface area contributed by atoms with Crippen LogP contribution >= 0.6 is 0 Å². The lowest BCUT2D eigenvalue weighted by atomic mass is 10.3. The van der Waals surface area contributed by atoms with E-state index in [1.165, 1.54) is 6.07 Å². The molecule has 0 N–H and O–H groups in total. The van der Waals surface area contributed by atoms with Gasteiger partial charge in [-0.2, -0.15) is 0 Å². The van der Waals surface area contributed by atoms with Crippen molar-refractivity contribution in [2.45, 2.75) is 6.54 Å². The smallest absolute Gasteiger partial charge is 0.165 e. The molecule has 0 atom stereocenters. The van der Waals surface area contributed by atoms with Crippen LogP contribution < -0.4 is 4.74 Å². The van der Waals surface area contributed by atoms with Crippen LogP contribution in [0.1, 0.15) is 5.82 Å². The number of ether oxygens (including phenoxy) is 1. The Kier molecular flexibility index (Phi) is 4.52. The quantitative estimate of drug-likeness (QED) is 0.799. The van der Waals surface area contributed by atoms with Gasteiger partial charge in [-0.15, -0.1) is 0 Å². The first-order valence-corrected chi connectivity index (χ1v) is 6.19. The van der Waals surface area contributed by atoms with Crippen molar-refractivity contribution in [2.24, 2.45) is 7.05 Å². The SMILES string of the molecule is CN(CCOc1ccccc1F)Cc1nccn1C. The van der Waals surface area contributed by atoms with Crippen molar-refractivity contribution in [1.29, 1.82) is 0 Å². The minimum Gasteiger partial charge on any atom is -0.489 e. The first kappa shape index (κ1) is 13.5. The first-order chi connectivity index (χ1) is 9.16. The van der Waals surface area contributed by atoms with E-state index in [0.717, 1.165) is 12.4 Å². The maximum Gasteiger partial charge on any atom is 0.165 e. The summed E-state index contributed by atoms with van der Waals surface area (Å²) in [5.41, 5.74) is 0. The Hall–Kier alpha value is -1.88. The Morgan fingerprint density at radius 1 is 1.37 bits per heavy atom. The molecule has 102 valence electrons. The fourth-order valence-corrected chi connectivity index (χ4v) is 1.74. The highest BCUT2D eigenvalue weighted by Crippen LogP contribution is 2.15. The molecule has 0 aliphatic carbocycles. The third-order valence-electron chi connectivity index (χ3n) is 2.90. The molecule has 1 aromatic heterocycles. The van der Waals surface area contributed by atoms with Gasteiger partial charge in [-0.3, -0.25) is 4.90 Å². The summed E-state index contributed by atoms with van der Waals surface area (Å²) in [6.07, 6.45) is 3.69. The summed E-state index contributed by atoms with van der Waals surface area (Å²) < 4.78 is 20.7. The van der Waals surface area contributed by atoms with Gasteiger partial charge >= 0.3 is 0 Å². The molecule has 2 rings (SSSR count). The number of halogens is 1. The highest BCUT2D eigenvalue weighted by Gasteiger charge is 2.06. The topological polar surface area (TPSA) is 30.3 Å². The van der Waals surface area contributed by atoms with Crippen LogP contribution in [0, 0.1) is 5.82 Å². The Labute approximate surface area is 112 Å². The molecule has 19 heavy (non-hydrogen) atoms. The summed E-state index contributed by atoms with van der Waals surface area (Å²) in [4.78, 5) is 6.34. The second kappa shape index (κ2) is 6.33. The number of likely N-dealkylation sites (N-methyl/N-ethyl adjacent to an activating group) is 1. The zero-order valence-electron chi connectivity index (χ0n) is 11.2. The summed E-state index contributed by atoms with van der Waals surface area (Å²) >= 11 is 0. The molecule has 0 aliphatic heterocycles. The predicted molar refractivity (Wildman–Crippen MR) is 71.4 cm³/mol. The molecule has 0 aliphatic rings. The Balaban J connectivity index is 1.77. The number of para-hydroxylation sites is 1. The third-order valence-corrected chi connectivity index (χ3v) is 2.90. The van der Waals surface area contributed by atoms with Gasteiger partial charge < -0.3 is 9.30 Å². The predicted octanol–water partition coefficient (Wildman–Crippen LogP) is 2.07. The molecule has 0 unspecified atom stereocenters. The van der Waals surface area contributed by atoms with Crippen molar-refractivity contribution in [3.05, 3.63) is 48.3 Å². The molecular weight excluding hydrogens is 245 g/mol. The van der Waals surface area contributed by atoms with Crippen LogP contribution in [-0.2, 0) is 13.6 Å². The van der Waals surface area contributed by atoms with E-state index in [9.17, 15) is 4.39 Å². The molecular formula is C14H18FN3O. The van der Waals surface area contributed by atoms with Gasteiger partial charge in [-0.25, -0.2) is 9.37 Å². The lowest BCUT2D eigenvalue weighted by Gasteiger charge is -2.16. The second-order valence-corrected chi connectivity index (χ2v) is 4.47. The van der Waals surface area contributed by atoms with Crippen molar-refractivity contribution in [3.8, 4) is 5.75 Å². The van der Waals surface area contributed by atoms with Crippen LogP contribution in [0.25, 0.3) is 0 Å². The molecule has 0 amide bonds. The van der Waals surface area contributed by atoms with E-state index >= 15 is 0 Å². The van der Waals surface area contributed by atoms with Gasteiger partial charge in [-0.1, -0.05) is 12.1 Å². The summed E-state index contributed by atoms with van der Waals surface area (Å²) in [6, 6.07) is 6.44. The van der Waals surface area contributed by atoms with Gasteiger partial charge in [-0.05, 0) is 19.2 Å². The van der Waals surface area contributed by atoms with Crippen molar-refractivity contribution >= 4 is 0 Å². The average molecular weight is 263 g/mol. The largest absolute Gasteiger partial charge is 0.489 e. The molecule has 4 nitrogen and oxygen atoms in total. The molecule has 0 spiro atoms. The zero-order valence-corrected chi connectivity index (χ0v) is 11.2. The van der Waals surface area contributed by atoms with E-state index in [-0.39, 0.29) is 5.82 Å². The lowest BCUT2D eigenvalue weighted by molar-refractivity contribution is 0.222. The second-order valence-electron chi connectivity index (χ2n) is 4.47. The van der Waals surface area contributed by atoms with E-state index in [2.05, 4.69) is 9.88 Å². The van der Waals surface area contributed by atoms with Gasteiger partial charge in [0.15, 0.2) is 11.6 Å². The van der Waals surface area contributed by atoms with Crippen LogP contribution in [0.3, 0.4) is 0 Å². The lowest BCUT2D eigenvalue weighted by Crippen LogP contribution is -2.25. The Morgan fingerprint density at radius 2 is 2.16 bits per heavy atom. The zero-order chi connectivity index (χ0) is 13.7. The monoisotopic (exact) mass is 263 g/mol. The highest BCUT2D eigenvalue weighted by molar-refractivity contribution is 5.23. The van der Waals surface area contributed by atoms with E-state index in [4.69, 9.17) is 4.74 Å². The summed E-state index contributed by atoms with van der Waals surface area (Å²) in [5.74, 6) is 0.968. The fourth-order valence-electron chi connectivity index (χ4n) is 1.74. The number of hydrogen-bond acceptors (Lipinski definition) is 3. The minimum atomic E-state index is -0.325. The van der Waals surface area contributed by atoms with E-state index < -0.39 is 0 Å². The van der Waals surface area contributed by atoms with E-state index in [0.29, 0.717) is 18.9 Å². The van der Waals surface area contributed by atoms with Gasteiger partial charge in [0.05, 0.1) is 6.54 Å².